The van der Waals surface area contributed by atoms with Gasteiger partial charge in [0.15, 0.2) is 0 Å². The van der Waals surface area contributed by atoms with Gasteiger partial charge in [-0.05, 0) is 42.2 Å². The van der Waals surface area contributed by atoms with Crippen molar-refractivity contribution < 1.29 is 9.53 Å². The zero-order valence-electron chi connectivity index (χ0n) is 16.2. The Kier molecular flexibility index (Phi) is 6.01. The number of nitrogens with one attached hydrogen (secondary N) is 1. The number of anilines is 1. The summed E-state index contributed by atoms with van der Waals surface area (Å²) < 4.78 is 6.49. The molecule has 0 atom stereocenters. The lowest BCUT2D eigenvalue weighted by atomic mass is 10.0. The maximum Gasteiger partial charge on any atom is 0.268 e. The summed E-state index contributed by atoms with van der Waals surface area (Å²) in [6.07, 6.45) is 1.69. The molecule has 8 heteroatoms. The second-order valence-electron chi connectivity index (χ2n) is 6.69. The minimum absolute atomic E-state index is 0.0842. The van der Waals surface area contributed by atoms with Crippen LogP contribution >= 0.6 is 11.3 Å². The SMILES string of the molecule is COCc1nnc(NC(=O)c2c(C)ccn(-c3cccc(C(C)C)c3)c2=O)s1. The van der Waals surface area contributed by atoms with E-state index < -0.39 is 5.91 Å². The summed E-state index contributed by atoms with van der Waals surface area (Å²) in [6, 6.07) is 9.51. The topological polar surface area (TPSA) is 86.1 Å². The van der Waals surface area contributed by atoms with Crippen LogP contribution in [0.4, 0.5) is 5.13 Å². The first-order chi connectivity index (χ1) is 13.4. The minimum atomic E-state index is -0.503. The van der Waals surface area contributed by atoms with E-state index in [0.717, 1.165) is 11.3 Å². The lowest BCUT2D eigenvalue weighted by Gasteiger charge is -2.12. The lowest BCUT2D eigenvalue weighted by Crippen LogP contribution is -2.29. The average Bonchev–Trinajstić information content (AvgIpc) is 3.09. The van der Waals surface area contributed by atoms with Gasteiger partial charge in [-0.15, -0.1) is 10.2 Å². The van der Waals surface area contributed by atoms with Crippen LogP contribution in [0.15, 0.2) is 41.3 Å². The summed E-state index contributed by atoms with van der Waals surface area (Å²) in [5, 5.41) is 11.5. The van der Waals surface area contributed by atoms with Gasteiger partial charge in [0.25, 0.3) is 11.5 Å². The van der Waals surface area contributed by atoms with Crippen LogP contribution < -0.4 is 10.9 Å². The zero-order valence-corrected chi connectivity index (χ0v) is 17.0. The van der Waals surface area contributed by atoms with E-state index in [2.05, 4.69) is 29.4 Å². The lowest BCUT2D eigenvalue weighted by molar-refractivity contribution is 0.102. The quantitative estimate of drug-likeness (QED) is 0.687. The van der Waals surface area contributed by atoms with Gasteiger partial charge in [0, 0.05) is 19.0 Å². The number of methoxy groups -OCH3 is 1. The van der Waals surface area contributed by atoms with Crippen molar-refractivity contribution in [2.45, 2.75) is 33.3 Å². The number of hydrogen-bond donors (Lipinski definition) is 1. The van der Waals surface area contributed by atoms with Crippen LogP contribution in [-0.4, -0.2) is 27.8 Å². The Bertz CT molecular complexity index is 1060. The van der Waals surface area contributed by atoms with Gasteiger partial charge in [-0.2, -0.15) is 0 Å². The molecular formula is C20H22N4O3S. The van der Waals surface area contributed by atoms with E-state index in [1.165, 1.54) is 15.9 Å². The smallest absolute Gasteiger partial charge is 0.268 e. The first-order valence-electron chi connectivity index (χ1n) is 8.86. The van der Waals surface area contributed by atoms with Gasteiger partial charge in [-0.1, -0.05) is 37.3 Å². The van der Waals surface area contributed by atoms with Crippen LogP contribution in [0, 0.1) is 6.92 Å². The Balaban J connectivity index is 1.95. The van der Waals surface area contributed by atoms with E-state index in [-0.39, 0.29) is 11.1 Å². The van der Waals surface area contributed by atoms with E-state index in [1.807, 2.05) is 24.3 Å². The number of aryl methyl sites for hydroxylation is 1. The monoisotopic (exact) mass is 398 g/mol. The average molecular weight is 398 g/mol. The number of ether oxygens (including phenoxy) is 1. The minimum Gasteiger partial charge on any atom is -0.377 e. The number of rotatable bonds is 6. The fourth-order valence-electron chi connectivity index (χ4n) is 2.79. The molecule has 0 saturated heterocycles. The number of nitrogens with zero attached hydrogens (tertiary/aromatic N) is 3. The Morgan fingerprint density at radius 3 is 2.79 bits per heavy atom. The second kappa shape index (κ2) is 8.45. The predicted octanol–water partition coefficient (Wildman–Crippen LogP) is 3.52. The number of amides is 1. The van der Waals surface area contributed by atoms with Crippen molar-refractivity contribution in [3.05, 3.63) is 68.6 Å². The third kappa shape index (κ3) is 4.18. The highest BCUT2D eigenvalue weighted by molar-refractivity contribution is 7.15. The number of aromatic nitrogens is 3. The molecule has 2 aromatic heterocycles. The van der Waals surface area contributed by atoms with E-state index in [9.17, 15) is 9.59 Å². The fourth-order valence-corrected chi connectivity index (χ4v) is 3.49. The Hall–Kier alpha value is -2.84. The highest BCUT2D eigenvalue weighted by Gasteiger charge is 2.18. The molecule has 1 N–H and O–H groups in total. The molecule has 1 aromatic carbocycles. The molecule has 7 nitrogen and oxygen atoms in total. The number of hydrogen-bond acceptors (Lipinski definition) is 6. The first kappa shape index (κ1) is 19.9. The summed E-state index contributed by atoms with van der Waals surface area (Å²) in [7, 11) is 1.56. The summed E-state index contributed by atoms with van der Waals surface area (Å²) in [5.41, 5.74) is 2.15. The molecule has 0 radical (unpaired) electrons. The molecule has 0 saturated carbocycles. The van der Waals surface area contributed by atoms with Crippen LogP contribution in [0.1, 0.15) is 46.3 Å². The molecule has 3 rings (SSSR count). The number of carbonyl (C=O) groups excluding carboxylic acids is 1. The van der Waals surface area contributed by atoms with Crippen LogP contribution in [0.2, 0.25) is 0 Å². The number of carbonyl (C=O) groups is 1. The van der Waals surface area contributed by atoms with Gasteiger partial charge in [0.1, 0.15) is 17.2 Å². The van der Waals surface area contributed by atoms with Gasteiger partial charge >= 0.3 is 0 Å². The predicted molar refractivity (Wildman–Crippen MR) is 109 cm³/mol. The van der Waals surface area contributed by atoms with Gasteiger partial charge in [0.2, 0.25) is 5.13 Å². The molecule has 0 aliphatic rings. The van der Waals surface area contributed by atoms with Crippen LogP contribution in [0.25, 0.3) is 5.69 Å². The zero-order chi connectivity index (χ0) is 20.3. The molecule has 0 unspecified atom stereocenters. The molecule has 146 valence electrons. The molecule has 2 heterocycles. The molecule has 0 aliphatic carbocycles. The maximum absolute atomic E-state index is 13.1. The fraction of sp³-hybridized carbons (Fsp3) is 0.300. The van der Waals surface area contributed by atoms with Crippen molar-refractivity contribution in [3.63, 3.8) is 0 Å². The van der Waals surface area contributed by atoms with Gasteiger partial charge in [-0.25, -0.2) is 0 Å². The van der Waals surface area contributed by atoms with Gasteiger partial charge < -0.3 is 4.74 Å². The van der Waals surface area contributed by atoms with E-state index in [1.54, 1.807) is 26.3 Å². The van der Waals surface area contributed by atoms with Crippen molar-refractivity contribution in [2.75, 3.05) is 12.4 Å². The molecule has 0 fully saturated rings. The van der Waals surface area contributed by atoms with E-state index in [4.69, 9.17) is 4.74 Å². The van der Waals surface area contributed by atoms with Crippen molar-refractivity contribution in [3.8, 4) is 5.69 Å². The van der Waals surface area contributed by atoms with E-state index >= 15 is 0 Å². The van der Waals surface area contributed by atoms with Crippen LogP contribution in [0.5, 0.6) is 0 Å². The largest absolute Gasteiger partial charge is 0.377 e. The van der Waals surface area contributed by atoms with Crippen molar-refractivity contribution in [1.82, 2.24) is 14.8 Å². The third-order valence-corrected chi connectivity index (χ3v) is 5.11. The van der Waals surface area contributed by atoms with Crippen molar-refractivity contribution in [1.29, 1.82) is 0 Å². The van der Waals surface area contributed by atoms with Crippen LogP contribution in [0.3, 0.4) is 0 Å². The number of pyridine rings is 1. The highest BCUT2D eigenvalue weighted by atomic mass is 32.1. The third-order valence-electron chi connectivity index (χ3n) is 4.30. The summed E-state index contributed by atoms with van der Waals surface area (Å²) in [4.78, 5) is 25.8. The standard InChI is InChI=1S/C20H22N4O3S/c1-12(2)14-6-5-7-15(10-14)24-9-8-13(3)17(19(24)26)18(25)21-20-23-22-16(28-20)11-27-4/h5-10,12H,11H2,1-4H3,(H,21,23,25). The molecule has 0 spiro atoms. The molecule has 0 bridgehead atoms. The second-order valence-corrected chi connectivity index (χ2v) is 7.75. The van der Waals surface area contributed by atoms with Crippen molar-refractivity contribution >= 4 is 22.4 Å². The number of benzene rings is 1. The summed E-state index contributed by atoms with van der Waals surface area (Å²) in [6.45, 7) is 6.24. The Labute approximate surface area is 167 Å². The molecule has 1 amide bonds. The summed E-state index contributed by atoms with van der Waals surface area (Å²) >= 11 is 1.21. The summed E-state index contributed by atoms with van der Waals surface area (Å²) in [5.74, 6) is -0.167. The van der Waals surface area contributed by atoms with Crippen molar-refractivity contribution in [2.24, 2.45) is 0 Å². The molecule has 3 aromatic rings. The normalized spacial score (nSPS) is 11.0. The first-order valence-corrected chi connectivity index (χ1v) is 9.67. The highest BCUT2D eigenvalue weighted by Crippen LogP contribution is 2.19. The Morgan fingerprint density at radius 1 is 1.29 bits per heavy atom. The van der Waals surface area contributed by atoms with Gasteiger partial charge in [-0.3, -0.25) is 19.5 Å². The van der Waals surface area contributed by atoms with Crippen LogP contribution in [-0.2, 0) is 11.3 Å². The van der Waals surface area contributed by atoms with Gasteiger partial charge in [0.05, 0.1) is 0 Å². The Morgan fingerprint density at radius 2 is 2.07 bits per heavy atom. The molecular weight excluding hydrogens is 376 g/mol. The van der Waals surface area contributed by atoms with E-state index in [0.29, 0.717) is 28.2 Å². The maximum atomic E-state index is 13.1. The molecule has 28 heavy (non-hydrogen) atoms. The molecule has 0 aliphatic heterocycles.